The number of piperazine rings is 1. The lowest BCUT2D eigenvalue weighted by Crippen LogP contribution is -2.55. The first-order valence-corrected chi connectivity index (χ1v) is 8.46. The molecule has 1 N–H and O–H groups in total. The zero-order valence-corrected chi connectivity index (χ0v) is 13.8. The monoisotopic (exact) mass is 297 g/mol. The van der Waals surface area contributed by atoms with Crippen molar-refractivity contribution in [1.29, 1.82) is 0 Å². The average Bonchev–Trinajstić information content (AvgIpc) is 2.53. The number of nitrogens with zero attached hydrogens (tertiary/aromatic N) is 3. The first-order valence-electron chi connectivity index (χ1n) is 8.46. The first kappa shape index (κ1) is 16.7. The Morgan fingerprint density at radius 3 is 2.43 bits per heavy atom. The van der Waals surface area contributed by atoms with E-state index in [4.69, 9.17) is 0 Å². The number of piperidine rings is 1. The van der Waals surface area contributed by atoms with Crippen LogP contribution < -0.4 is 0 Å². The van der Waals surface area contributed by atoms with Gasteiger partial charge in [-0.1, -0.05) is 6.92 Å². The fourth-order valence-electron chi connectivity index (χ4n) is 3.49. The molecule has 2 saturated heterocycles. The smallest absolute Gasteiger partial charge is 0.239 e. The summed E-state index contributed by atoms with van der Waals surface area (Å²) in [5.41, 5.74) is 0. The molecule has 0 aromatic carbocycles. The Kier molecular flexibility index (Phi) is 6.02. The predicted octanol–water partition coefficient (Wildman–Crippen LogP) is 0.632. The van der Waals surface area contributed by atoms with E-state index in [2.05, 4.69) is 16.7 Å². The summed E-state index contributed by atoms with van der Waals surface area (Å²) in [6, 6.07) is -0.0558. The fraction of sp³-hybridized carbons (Fsp3) is 0.938. The lowest BCUT2D eigenvalue weighted by atomic mass is 9.92. The maximum atomic E-state index is 12.7. The Balaban J connectivity index is 1.87. The summed E-state index contributed by atoms with van der Waals surface area (Å²) in [7, 11) is 0. The summed E-state index contributed by atoms with van der Waals surface area (Å²) in [6.07, 6.45) is 1.88. The minimum atomic E-state index is -0.275. The van der Waals surface area contributed by atoms with Crippen molar-refractivity contribution in [2.24, 2.45) is 5.92 Å². The van der Waals surface area contributed by atoms with Crippen molar-refractivity contribution in [3.8, 4) is 0 Å². The molecule has 2 heterocycles. The van der Waals surface area contributed by atoms with Gasteiger partial charge in [0.05, 0.1) is 12.1 Å². The Bertz CT molecular complexity index is 340. The molecule has 0 spiro atoms. The van der Waals surface area contributed by atoms with E-state index in [1.807, 2.05) is 18.7 Å². The molecular formula is C16H31N3O2. The third kappa shape index (κ3) is 4.18. The van der Waals surface area contributed by atoms with Gasteiger partial charge in [-0.3, -0.25) is 9.69 Å². The minimum Gasteiger partial charge on any atom is -0.393 e. The maximum Gasteiger partial charge on any atom is 0.239 e. The second-order valence-corrected chi connectivity index (χ2v) is 6.57. The number of likely N-dealkylation sites (tertiary alicyclic amines) is 1. The highest BCUT2D eigenvalue weighted by molar-refractivity contribution is 5.81. The van der Waals surface area contributed by atoms with Crippen molar-refractivity contribution >= 4 is 5.91 Å². The second kappa shape index (κ2) is 7.56. The summed E-state index contributed by atoms with van der Waals surface area (Å²) < 4.78 is 0. The van der Waals surface area contributed by atoms with Crippen molar-refractivity contribution in [1.82, 2.24) is 14.7 Å². The number of hydrogen-bond donors (Lipinski definition) is 1. The van der Waals surface area contributed by atoms with Crippen LogP contribution in [0.2, 0.25) is 0 Å². The van der Waals surface area contributed by atoms with Crippen LogP contribution in [0.1, 0.15) is 33.6 Å². The fourth-order valence-corrected chi connectivity index (χ4v) is 3.49. The Morgan fingerprint density at radius 1 is 1.19 bits per heavy atom. The Morgan fingerprint density at radius 2 is 1.86 bits per heavy atom. The van der Waals surface area contributed by atoms with Crippen LogP contribution in [0.25, 0.3) is 0 Å². The van der Waals surface area contributed by atoms with E-state index in [9.17, 15) is 9.90 Å². The number of amides is 1. The SMILES string of the molecule is CCN1CCN(C(=O)C(C)N2CCCC(C(C)O)C2)CC1. The van der Waals surface area contributed by atoms with Crippen molar-refractivity contribution < 1.29 is 9.90 Å². The molecule has 0 aromatic rings. The molecule has 0 saturated carbocycles. The highest BCUT2D eigenvalue weighted by atomic mass is 16.3. The Labute approximate surface area is 128 Å². The molecule has 5 heteroatoms. The van der Waals surface area contributed by atoms with Crippen LogP contribution in [0.3, 0.4) is 0 Å². The molecule has 1 amide bonds. The van der Waals surface area contributed by atoms with Crippen molar-refractivity contribution in [2.45, 2.75) is 45.8 Å². The molecule has 21 heavy (non-hydrogen) atoms. The zero-order valence-electron chi connectivity index (χ0n) is 13.8. The molecule has 2 aliphatic rings. The van der Waals surface area contributed by atoms with Crippen molar-refractivity contribution in [2.75, 3.05) is 45.8 Å². The molecule has 3 atom stereocenters. The number of hydrogen-bond acceptors (Lipinski definition) is 4. The third-order valence-corrected chi connectivity index (χ3v) is 5.21. The molecule has 5 nitrogen and oxygen atoms in total. The van der Waals surface area contributed by atoms with Gasteiger partial charge in [-0.05, 0) is 45.7 Å². The summed E-state index contributed by atoms with van der Waals surface area (Å²) in [5.74, 6) is 0.572. The maximum absolute atomic E-state index is 12.7. The summed E-state index contributed by atoms with van der Waals surface area (Å²) >= 11 is 0. The largest absolute Gasteiger partial charge is 0.393 e. The molecule has 122 valence electrons. The highest BCUT2D eigenvalue weighted by Crippen LogP contribution is 2.22. The van der Waals surface area contributed by atoms with E-state index >= 15 is 0 Å². The quantitative estimate of drug-likeness (QED) is 0.827. The van der Waals surface area contributed by atoms with Gasteiger partial charge in [0.2, 0.25) is 5.91 Å². The van der Waals surface area contributed by atoms with Crippen LogP contribution >= 0.6 is 0 Å². The van der Waals surface area contributed by atoms with Gasteiger partial charge in [0.1, 0.15) is 0 Å². The lowest BCUT2D eigenvalue weighted by molar-refractivity contribution is -0.139. The molecule has 2 fully saturated rings. The van der Waals surface area contributed by atoms with Gasteiger partial charge in [-0.25, -0.2) is 0 Å². The van der Waals surface area contributed by atoms with E-state index in [0.717, 1.165) is 58.7 Å². The van der Waals surface area contributed by atoms with E-state index in [-0.39, 0.29) is 18.1 Å². The summed E-state index contributed by atoms with van der Waals surface area (Å²) in [6.45, 7) is 12.6. The van der Waals surface area contributed by atoms with Crippen LogP contribution in [0.5, 0.6) is 0 Å². The molecule has 3 unspecified atom stereocenters. The number of aliphatic hydroxyl groups is 1. The zero-order chi connectivity index (χ0) is 15.4. The highest BCUT2D eigenvalue weighted by Gasteiger charge is 2.32. The molecule has 0 bridgehead atoms. The van der Waals surface area contributed by atoms with Crippen molar-refractivity contribution in [3.63, 3.8) is 0 Å². The van der Waals surface area contributed by atoms with E-state index < -0.39 is 0 Å². The number of carbonyl (C=O) groups is 1. The number of carbonyl (C=O) groups excluding carboxylic acids is 1. The minimum absolute atomic E-state index is 0.0558. The topological polar surface area (TPSA) is 47.0 Å². The van der Waals surface area contributed by atoms with Gasteiger partial charge in [0, 0.05) is 32.7 Å². The molecule has 0 radical (unpaired) electrons. The van der Waals surface area contributed by atoms with Gasteiger partial charge in [0.15, 0.2) is 0 Å². The summed E-state index contributed by atoms with van der Waals surface area (Å²) in [4.78, 5) is 19.3. The van der Waals surface area contributed by atoms with E-state index in [1.54, 1.807) is 0 Å². The molecule has 0 aromatic heterocycles. The molecular weight excluding hydrogens is 266 g/mol. The molecule has 2 aliphatic heterocycles. The van der Waals surface area contributed by atoms with E-state index in [0.29, 0.717) is 5.92 Å². The molecule has 2 rings (SSSR count). The first-order chi connectivity index (χ1) is 10.0. The molecule has 0 aliphatic carbocycles. The number of aliphatic hydroxyl groups excluding tert-OH is 1. The van der Waals surface area contributed by atoms with Crippen LogP contribution in [-0.2, 0) is 4.79 Å². The second-order valence-electron chi connectivity index (χ2n) is 6.57. The standard InChI is InChI=1S/C16H31N3O2/c1-4-17-8-10-18(11-9-17)16(21)13(2)19-7-5-6-15(12-19)14(3)20/h13-15,20H,4-12H2,1-3H3. The third-order valence-electron chi connectivity index (χ3n) is 5.21. The van der Waals surface area contributed by atoms with Gasteiger partial charge in [-0.15, -0.1) is 0 Å². The lowest BCUT2D eigenvalue weighted by Gasteiger charge is -2.41. The predicted molar refractivity (Wildman–Crippen MR) is 84.1 cm³/mol. The van der Waals surface area contributed by atoms with Crippen LogP contribution in [-0.4, -0.2) is 83.7 Å². The normalized spacial score (nSPS) is 28.4. The van der Waals surface area contributed by atoms with E-state index in [1.165, 1.54) is 0 Å². The Hall–Kier alpha value is -0.650. The van der Waals surface area contributed by atoms with Gasteiger partial charge < -0.3 is 14.9 Å². The van der Waals surface area contributed by atoms with Gasteiger partial charge in [0.25, 0.3) is 0 Å². The van der Waals surface area contributed by atoms with Crippen molar-refractivity contribution in [3.05, 3.63) is 0 Å². The van der Waals surface area contributed by atoms with Gasteiger partial charge in [-0.2, -0.15) is 0 Å². The number of likely N-dealkylation sites (N-methyl/N-ethyl adjacent to an activating group) is 1. The number of rotatable bonds is 4. The summed E-state index contributed by atoms with van der Waals surface area (Å²) in [5, 5.41) is 9.79. The van der Waals surface area contributed by atoms with Crippen LogP contribution in [0, 0.1) is 5.92 Å². The van der Waals surface area contributed by atoms with Gasteiger partial charge >= 0.3 is 0 Å². The van der Waals surface area contributed by atoms with Crippen LogP contribution in [0.15, 0.2) is 0 Å². The average molecular weight is 297 g/mol. The van der Waals surface area contributed by atoms with Crippen LogP contribution in [0.4, 0.5) is 0 Å².